The van der Waals surface area contributed by atoms with E-state index in [0.717, 1.165) is 23.1 Å². The number of esters is 1. The van der Waals surface area contributed by atoms with Crippen LogP contribution in [0, 0.1) is 11.3 Å². The maximum Gasteiger partial charge on any atom is 0.315 e. The predicted octanol–water partition coefficient (Wildman–Crippen LogP) is 4.94. The molecule has 2 fully saturated rings. The van der Waals surface area contributed by atoms with Crippen LogP contribution >= 0.6 is 0 Å². The van der Waals surface area contributed by atoms with E-state index in [1.165, 1.54) is 7.11 Å². The van der Waals surface area contributed by atoms with Gasteiger partial charge in [-0.05, 0) is 49.1 Å². The monoisotopic (exact) mass is 389 g/mol. The summed E-state index contributed by atoms with van der Waals surface area (Å²) in [6, 6.07) is 8.13. The highest BCUT2D eigenvalue weighted by atomic mass is 19.3. The van der Waals surface area contributed by atoms with Gasteiger partial charge in [-0.1, -0.05) is 42.5 Å². The minimum Gasteiger partial charge on any atom is -0.468 e. The Morgan fingerprint density at radius 1 is 1.32 bits per heavy atom. The first-order valence-electron chi connectivity index (χ1n) is 9.76. The van der Waals surface area contributed by atoms with Crippen molar-refractivity contribution in [3.8, 4) is 0 Å². The Hall–Kier alpha value is -2.01. The van der Waals surface area contributed by atoms with Gasteiger partial charge >= 0.3 is 5.97 Å². The normalized spacial score (nSPS) is 29.6. The molecule has 0 spiro atoms. The highest BCUT2D eigenvalue weighted by molar-refractivity contribution is 5.79. The molecule has 5 heteroatoms. The molecule has 1 aromatic rings. The number of likely N-dealkylation sites (tertiary alicyclic amines) is 1. The van der Waals surface area contributed by atoms with Gasteiger partial charge in [0, 0.05) is 6.54 Å². The average Bonchev–Trinajstić information content (AvgIpc) is 2.65. The average molecular weight is 389 g/mol. The van der Waals surface area contributed by atoms with Crippen molar-refractivity contribution in [3.05, 3.63) is 60.2 Å². The van der Waals surface area contributed by atoms with Crippen LogP contribution in [0.25, 0.3) is 0 Å². The highest BCUT2D eigenvalue weighted by Crippen LogP contribution is 2.50. The van der Waals surface area contributed by atoms with E-state index in [2.05, 4.69) is 25.3 Å². The number of benzene rings is 1. The van der Waals surface area contributed by atoms with Crippen LogP contribution in [0.1, 0.15) is 43.2 Å². The Morgan fingerprint density at radius 2 is 1.96 bits per heavy atom. The van der Waals surface area contributed by atoms with Crippen molar-refractivity contribution >= 4 is 5.97 Å². The van der Waals surface area contributed by atoms with Crippen molar-refractivity contribution in [1.82, 2.24) is 4.90 Å². The second-order valence-electron chi connectivity index (χ2n) is 8.40. The smallest absolute Gasteiger partial charge is 0.315 e. The number of hydrogen-bond acceptors (Lipinski definition) is 3. The summed E-state index contributed by atoms with van der Waals surface area (Å²) in [6.45, 7) is 10.3. The van der Waals surface area contributed by atoms with Gasteiger partial charge in [0.1, 0.15) is 0 Å². The molecular weight excluding hydrogens is 360 g/mol. The molecule has 1 heterocycles. The zero-order chi connectivity index (χ0) is 20.5. The van der Waals surface area contributed by atoms with Crippen LogP contribution in [0.4, 0.5) is 8.78 Å². The topological polar surface area (TPSA) is 29.5 Å². The molecule has 28 heavy (non-hydrogen) atoms. The molecule has 0 N–H and O–H groups in total. The molecule has 1 aromatic carbocycles. The Morgan fingerprint density at radius 3 is 2.46 bits per heavy atom. The summed E-state index contributed by atoms with van der Waals surface area (Å²) in [5.41, 5.74) is 2.59. The molecule has 152 valence electrons. The van der Waals surface area contributed by atoms with E-state index in [4.69, 9.17) is 4.74 Å². The van der Waals surface area contributed by atoms with Gasteiger partial charge in [0.25, 0.3) is 5.92 Å². The second kappa shape index (κ2) is 7.78. The van der Waals surface area contributed by atoms with E-state index >= 15 is 0 Å². The van der Waals surface area contributed by atoms with E-state index < -0.39 is 11.3 Å². The Bertz CT molecular complexity index is 750. The molecule has 1 saturated heterocycles. The summed E-state index contributed by atoms with van der Waals surface area (Å²) >= 11 is 0. The number of hydrogen-bond donors (Lipinski definition) is 0. The molecule has 0 amide bonds. The van der Waals surface area contributed by atoms with Crippen LogP contribution in [0.5, 0.6) is 0 Å². The first-order valence-corrected chi connectivity index (χ1v) is 9.76. The number of allylic oxidation sites excluding steroid dienone is 1. The van der Waals surface area contributed by atoms with Gasteiger partial charge in [-0.2, -0.15) is 0 Å². The largest absolute Gasteiger partial charge is 0.468 e. The summed E-state index contributed by atoms with van der Waals surface area (Å²) in [5, 5.41) is 0. The van der Waals surface area contributed by atoms with Crippen molar-refractivity contribution in [2.24, 2.45) is 11.3 Å². The fraction of sp³-hybridized carbons (Fsp3) is 0.522. The van der Waals surface area contributed by atoms with Gasteiger partial charge in [-0.3, -0.25) is 9.69 Å². The van der Waals surface area contributed by atoms with E-state index in [0.29, 0.717) is 19.4 Å². The molecule has 0 unspecified atom stereocenters. The third-order valence-electron chi connectivity index (χ3n) is 6.31. The van der Waals surface area contributed by atoms with Crippen LogP contribution in [-0.4, -0.2) is 37.0 Å². The van der Waals surface area contributed by atoms with Crippen LogP contribution in [-0.2, 0) is 16.1 Å². The summed E-state index contributed by atoms with van der Waals surface area (Å²) in [7, 11) is 1.42. The van der Waals surface area contributed by atoms with Gasteiger partial charge in [0.05, 0.1) is 25.6 Å². The second-order valence-corrected chi connectivity index (χ2v) is 8.40. The maximum atomic E-state index is 13.0. The lowest BCUT2D eigenvalue weighted by Crippen LogP contribution is -2.55. The number of ether oxygens (including phenoxy) is 1. The predicted molar refractivity (Wildman–Crippen MR) is 106 cm³/mol. The summed E-state index contributed by atoms with van der Waals surface area (Å²) in [4.78, 5) is 14.2. The Kier molecular flexibility index (Phi) is 5.76. The molecule has 0 radical (unpaired) electrons. The fourth-order valence-electron chi connectivity index (χ4n) is 4.70. The van der Waals surface area contributed by atoms with Gasteiger partial charge in [0.2, 0.25) is 0 Å². The number of nitrogens with zero attached hydrogens (tertiary/aromatic N) is 1. The lowest BCUT2D eigenvalue weighted by molar-refractivity contribution is -0.152. The molecule has 3 atom stereocenters. The number of methoxy groups -OCH3 is 1. The quantitative estimate of drug-likeness (QED) is 0.510. The molecule has 3 rings (SSSR count). The molecule has 2 aliphatic rings. The standard InChI is InChI=1S/C23H29F2NO2/c1-5-22(21(27)28-4)11-10-19(16(2)3)20(12-22)18-8-6-17(7-9-18)13-26-14-23(24,25)15-26/h5-9,19-20H,1-2,10-15H2,3-4H3/t19-,20-,22-/m0/s1. The molecule has 1 saturated carbocycles. The molecule has 3 nitrogen and oxygen atoms in total. The lowest BCUT2D eigenvalue weighted by Gasteiger charge is -2.42. The van der Waals surface area contributed by atoms with Crippen molar-refractivity contribution < 1.29 is 18.3 Å². The number of rotatable bonds is 6. The SMILES string of the molecule is C=C[C@]1(C(=O)OC)CC[C@@H](C(=C)C)[C@H](c2ccc(CN3CC(F)(F)C3)cc2)C1. The number of carbonyl (C=O) groups excluding carboxylic acids is 1. The summed E-state index contributed by atoms with van der Waals surface area (Å²) in [5.74, 6) is -2.34. The number of halogens is 2. The van der Waals surface area contributed by atoms with Crippen LogP contribution in [0.15, 0.2) is 49.1 Å². The first kappa shape index (κ1) is 20.7. The molecule has 1 aliphatic heterocycles. The zero-order valence-electron chi connectivity index (χ0n) is 16.7. The lowest BCUT2D eigenvalue weighted by atomic mass is 9.62. The van der Waals surface area contributed by atoms with E-state index in [9.17, 15) is 13.6 Å². The van der Waals surface area contributed by atoms with Gasteiger partial charge in [-0.15, -0.1) is 6.58 Å². The minimum atomic E-state index is -2.54. The van der Waals surface area contributed by atoms with Crippen molar-refractivity contribution in [3.63, 3.8) is 0 Å². The van der Waals surface area contributed by atoms with Gasteiger partial charge in [0.15, 0.2) is 0 Å². The van der Waals surface area contributed by atoms with Crippen LogP contribution in [0.2, 0.25) is 0 Å². The number of alkyl halides is 2. The van der Waals surface area contributed by atoms with Crippen LogP contribution < -0.4 is 0 Å². The third-order valence-corrected chi connectivity index (χ3v) is 6.31. The van der Waals surface area contributed by atoms with Gasteiger partial charge in [-0.25, -0.2) is 8.78 Å². The van der Waals surface area contributed by atoms with Crippen LogP contribution in [0.3, 0.4) is 0 Å². The molecule has 0 aromatic heterocycles. The Labute approximate surface area is 166 Å². The van der Waals surface area contributed by atoms with Crippen molar-refractivity contribution in [2.75, 3.05) is 20.2 Å². The maximum absolute atomic E-state index is 13.0. The van der Waals surface area contributed by atoms with Crippen molar-refractivity contribution in [1.29, 1.82) is 0 Å². The van der Waals surface area contributed by atoms with E-state index in [1.807, 2.05) is 19.1 Å². The Balaban J connectivity index is 1.78. The van der Waals surface area contributed by atoms with E-state index in [-0.39, 0.29) is 30.9 Å². The molecule has 1 aliphatic carbocycles. The first-order chi connectivity index (χ1) is 13.2. The highest BCUT2D eigenvalue weighted by Gasteiger charge is 2.46. The number of carbonyl (C=O) groups is 1. The van der Waals surface area contributed by atoms with Gasteiger partial charge < -0.3 is 4.74 Å². The van der Waals surface area contributed by atoms with Crippen molar-refractivity contribution in [2.45, 2.75) is 44.6 Å². The van der Waals surface area contributed by atoms with E-state index in [1.54, 1.807) is 11.0 Å². The molecule has 0 bridgehead atoms. The zero-order valence-corrected chi connectivity index (χ0v) is 16.7. The third kappa shape index (κ3) is 4.04. The molecular formula is C23H29F2NO2. The minimum absolute atomic E-state index is 0.144. The fourth-order valence-corrected chi connectivity index (χ4v) is 4.70. The summed E-state index contributed by atoms with van der Waals surface area (Å²) < 4.78 is 31.1. The summed E-state index contributed by atoms with van der Waals surface area (Å²) in [6.07, 6.45) is 3.93.